The largest absolute Gasteiger partial charge is 0.497 e. The van der Waals surface area contributed by atoms with E-state index in [2.05, 4.69) is 4.98 Å². The van der Waals surface area contributed by atoms with E-state index >= 15 is 0 Å². The predicted molar refractivity (Wildman–Crippen MR) is 81.7 cm³/mol. The molecule has 1 aromatic carbocycles. The van der Waals surface area contributed by atoms with Crippen LogP contribution in [-0.4, -0.2) is 27.6 Å². The maximum Gasteiger partial charge on any atom is 0.328 e. The summed E-state index contributed by atoms with van der Waals surface area (Å²) in [5.41, 5.74) is 2.41. The molecule has 0 spiro atoms. The minimum absolute atomic E-state index is 0.749. The third kappa shape index (κ3) is 2.53. The van der Waals surface area contributed by atoms with Crippen LogP contribution in [0.15, 0.2) is 41.9 Å². The van der Waals surface area contributed by atoms with Crippen LogP contribution in [0.2, 0.25) is 0 Å². The monoisotopic (exact) mass is 300 g/mol. The number of aromatic nitrogens is 2. The Balaban J connectivity index is 2.13. The lowest BCUT2D eigenvalue weighted by atomic mass is 10.1. The van der Waals surface area contributed by atoms with E-state index in [0.29, 0.717) is 0 Å². The molecule has 0 fully saturated rings. The lowest BCUT2D eigenvalue weighted by molar-refractivity contribution is -0.131. The van der Waals surface area contributed by atoms with Gasteiger partial charge in [0.2, 0.25) is 0 Å². The third-order valence-corrected chi connectivity index (χ3v) is 3.80. The van der Waals surface area contributed by atoms with Crippen molar-refractivity contribution >= 4 is 28.3 Å². The number of carboxylic acid groups (broad SMARTS) is 1. The maximum atomic E-state index is 10.8. The van der Waals surface area contributed by atoms with Gasteiger partial charge in [0.1, 0.15) is 5.75 Å². The molecule has 5 nitrogen and oxygen atoms in total. The Hall–Kier alpha value is -2.60. The number of imidazole rings is 1. The Kier molecular flexibility index (Phi) is 3.45. The van der Waals surface area contributed by atoms with Crippen molar-refractivity contribution in [2.45, 2.75) is 0 Å². The number of hydrogen-bond acceptors (Lipinski definition) is 4. The zero-order valence-electron chi connectivity index (χ0n) is 11.2. The first-order chi connectivity index (χ1) is 10.2. The van der Waals surface area contributed by atoms with Crippen LogP contribution in [0, 0.1) is 0 Å². The van der Waals surface area contributed by atoms with Crippen molar-refractivity contribution in [3.05, 3.63) is 47.6 Å². The van der Waals surface area contributed by atoms with Crippen molar-refractivity contribution in [2.75, 3.05) is 7.11 Å². The summed E-state index contributed by atoms with van der Waals surface area (Å²) in [6.45, 7) is 0. The van der Waals surface area contributed by atoms with Gasteiger partial charge in [-0.3, -0.25) is 4.40 Å². The fourth-order valence-electron chi connectivity index (χ4n) is 2.07. The van der Waals surface area contributed by atoms with E-state index in [1.54, 1.807) is 13.2 Å². The molecule has 2 aromatic heterocycles. The van der Waals surface area contributed by atoms with Crippen molar-refractivity contribution in [2.24, 2.45) is 0 Å². The van der Waals surface area contributed by atoms with Crippen LogP contribution in [-0.2, 0) is 4.79 Å². The summed E-state index contributed by atoms with van der Waals surface area (Å²) >= 11 is 1.50. The van der Waals surface area contributed by atoms with Crippen LogP contribution in [0.5, 0.6) is 5.75 Å². The number of ether oxygens (including phenoxy) is 1. The molecule has 106 valence electrons. The molecule has 1 N–H and O–H groups in total. The summed E-state index contributed by atoms with van der Waals surface area (Å²) in [6.07, 6.45) is 4.56. The summed E-state index contributed by atoms with van der Waals surface area (Å²) < 4.78 is 7.02. The Labute approximate surface area is 124 Å². The van der Waals surface area contributed by atoms with Gasteiger partial charge < -0.3 is 9.84 Å². The van der Waals surface area contributed by atoms with Crippen LogP contribution in [0.4, 0.5) is 0 Å². The van der Waals surface area contributed by atoms with Gasteiger partial charge in [-0.05, 0) is 30.3 Å². The van der Waals surface area contributed by atoms with E-state index < -0.39 is 5.97 Å². The highest BCUT2D eigenvalue weighted by Gasteiger charge is 2.13. The SMILES string of the molecule is COc1ccc(-c2nc3sccn3c2C=CC(=O)O)cc1. The number of carbonyl (C=O) groups is 1. The number of benzene rings is 1. The van der Waals surface area contributed by atoms with Gasteiger partial charge >= 0.3 is 5.97 Å². The molecule has 0 unspecified atom stereocenters. The molecule has 6 heteroatoms. The van der Waals surface area contributed by atoms with Crippen LogP contribution in [0.3, 0.4) is 0 Å². The Morgan fingerprint density at radius 1 is 1.38 bits per heavy atom. The smallest absolute Gasteiger partial charge is 0.328 e. The summed E-state index contributed by atoms with van der Waals surface area (Å²) in [7, 11) is 1.61. The summed E-state index contributed by atoms with van der Waals surface area (Å²) in [6, 6.07) is 7.52. The van der Waals surface area contributed by atoms with Crippen molar-refractivity contribution in [1.82, 2.24) is 9.38 Å². The van der Waals surface area contributed by atoms with E-state index in [1.165, 1.54) is 11.3 Å². The molecule has 3 rings (SSSR count). The highest BCUT2D eigenvalue weighted by Crippen LogP contribution is 2.28. The molecule has 3 aromatic rings. The van der Waals surface area contributed by atoms with Crippen LogP contribution >= 0.6 is 11.3 Å². The topological polar surface area (TPSA) is 63.8 Å². The number of carboxylic acids is 1. The van der Waals surface area contributed by atoms with E-state index in [-0.39, 0.29) is 0 Å². The van der Waals surface area contributed by atoms with Crippen molar-refractivity contribution in [3.8, 4) is 17.0 Å². The first-order valence-electron chi connectivity index (χ1n) is 6.20. The second kappa shape index (κ2) is 5.41. The van der Waals surface area contributed by atoms with Crippen molar-refractivity contribution < 1.29 is 14.6 Å². The molecule has 0 saturated carbocycles. The van der Waals surface area contributed by atoms with Gasteiger partial charge in [-0.25, -0.2) is 9.78 Å². The molecule has 0 atom stereocenters. The van der Waals surface area contributed by atoms with Gasteiger partial charge in [0, 0.05) is 23.2 Å². The van der Waals surface area contributed by atoms with Gasteiger partial charge in [0.25, 0.3) is 0 Å². The fraction of sp³-hybridized carbons (Fsp3) is 0.0667. The average molecular weight is 300 g/mol. The number of fused-ring (bicyclic) bond motifs is 1. The van der Waals surface area contributed by atoms with Crippen LogP contribution < -0.4 is 4.74 Å². The molecule has 2 heterocycles. The number of hydrogen-bond donors (Lipinski definition) is 1. The normalized spacial score (nSPS) is 11.3. The average Bonchev–Trinajstić information content (AvgIpc) is 3.06. The van der Waals surface area contributed by atoms with E-state index in [4.69, 9.17) is 9.84 Å². The number of aliphatic carboxylic acids is 1. The minimum Gasteiger partial charge on any atom is -0.497 e. The van der Waals surface area contributed by atoms with Crippen molar-refractivity contribution in [3.63, 3.8) is 0 Å². The predicted octanol–water partition coefficient (Wildman–Crippen LogP) is 3.17. The molecule has 0 amide bonds. The van der Waals surface area contributed by atoms with E-state index in [1.807, 2.05) is 40.2 Å². The fourth-order valence-corrected chi connectivity index (χ4v) is 2.80. The Bertz CT molecular complexity index is 815. The van der Waals surface area contributed by atoms with E-state index in [0.717, 1.165) is 33.7 Å². The lowest BCUT2D eigenvalue weighted by Crippen LogP contribution is -1.90. The van der Waals surface area contributed by atoms with Gasteiger partial charge in [-0.1, -0.05) is 0 Å². The highest BCUT2D eigenvalue weighted by atomic mass is 32.1. The van der Waals surface area contributed by atoms with Gasteiger partial charge in [-0.2, -0.15) is 0 Å². The van der Waals surface area contributed by atoms with Crippen LogP contribution in [0.1, 0.15) is 5.69 Å². The molecule has 21 heavy (non-hydrogen) atoms. The van der Waals surface area contributed by atoms with E-state index in [9.17, 15) is 4.79 Å². The second-order valence-corrected chi connectivity index (χ2v) is 5.17. The van der Waals surface area contributed by atoms with Crippen molar-refractivity contribution in [1.29, 1.82) is 0 Å². The van der Waals surface area contributed by atoms with Gasteiger partial charge in [-0.15, -0.1) is 11.3 Å². The zero-order chi connectivity index (χ0) is 14.8. The minimum atomic E-state index is -0.985. The highest BCUT2D eigenvalue weighted by molar-refractivity contribution is 7.15. The molecule has 0 aliphatic carbocycles. The first kappa shape index (κ1) is 13.4. The summed E-state index contributed by atoms with van der Waals surface area (Å²) in [5, 5.41) is 10.7. The lowest BCUT2D eigenvalue weighted by Gasteiger charge is -2.02. The quantitative estimate of drug-likeness (QED) is 0.752. The van der Waals surface area contributed by atoms with Gasteiger partial charge in [0.15, 0.2) is 4.96 Å². The Morgan fingerprint density at radius 3 is 2.81 bits per heavy atom. The van der Waals surface area contributed by atoms with Crippen LogP contribution in [0.25, 0.3) is 22.3 Å². The number of thiazole rings is 1. The molecule has 0 aliphatic heterocycles. The van der Waals surface area contributed by atoms with Gasteiger partial charge in [0.05, 0.1) is 18.5 Å². The molecule has 0 bridgehead atoms. The molecule has 0 saturated heterocycles. The standard InChI is InChI=1S/C15H12N2O3S/c1-20-11-4-2-10(3-5-11)14-12(6-7-13(18)19)17-8-9-21-15(17)16-14/h2-9H,1H3,(H,18,19). The number of nitrogens with zero attached hydrogens (tertiary/aromatic N) is 2. The maximum absolute atomic E-state index is 10.8. The first-order valence-corrected chi connectivity index (χ1v) is 7.08. The summed E-state index contributed by atoms with van der Waals surface area (Å²) in [4.78, 5) is 16.2. The molecule has 0 aliphatic rings. The Morgan fingerprint density at radius 2 is 2.14 bits per heavy atom. The third-order valence-electron chi connectivity index (χ3n) is 3.05. The molecule has 0 radical (unpaired) electrons. The molecular weight excluding hydrogens is 288 g/mol. The molecular formula is C15H12N2O3S. The number of rotatable bonds is 4. The second-order valence-electron chi connectivity index (χ2n) is 4.30. The summed E-state index contributed by atoms with van der Waals surface area (Å²) in [5.74, 6) is -0.219. The zero-order valence-corrected chi connectivity index (χ0v) is 12.0. The number of methoxy groups -OCH3 is 1.